The topological polar surface area (TPSA) is 108 Å². The molecule has 0 aliphatic carbocycles. The molecule has 1 atom stereocenters. The largest absolute Gasteiger partial charge is 0.477 e. The second-order valence-corrected chi connectivity index (χ2v) is 6.64. The van der Waals surface area contributed by atoms with Crippen molar-refractivity contribution in [1.29, 1.82) is 0 Å². The van der Waals surface area contributed by atoms with E-state index in [0.29, 0.717) is 21.8 Å². The van der Waals surface area contributed by atoms with Crippen LogP contribution in [0.3, 0.4) is 0 Å². The molecule has 7 nitrogen and oxygen atoms in total. The van der Waals surface area contributed by atoms with Crippen LogP contribution < -0.4 is 5.32 Å². The van der Waals surface area contributed by atoms with Crippen LogP contribution in [0.15, 0.2) is 18.3 Å². The molecule has 1 unspecified atom stereocenters. The molecule has 0 fully saturated rings. The van der Waals surface area contributed by atoms with Crippen LogP contribution in [-0.2, 0) is 0 Å². The Morgan fingerprint density at radius 2 is 2.08 bits per heavy atom. The third-order valence-electron chi connectivity index (χ3n) is 3.66. The molecule has 124 valence electrons. The quantitative estimate of drug-likeness (QED) is 0.674. The second-order valence-electron chi connectivity index (χ2n) is 5.61. The predicted molar refractivity (Wildman–Crippen MR) is 90.5 cm³/mol. The highest BCUT2D eigenvalue weighted by molar-refractivity contribution is 7.13. The maximum absolute atomic E-state index is 12.6. The molecule has 0 bridgehead atoms. The predicted octanol–water partition coefficient (Wildman–Crippen LogP) is 2.83. The number of nitrogens with one attached hydrogen (secondary N) is 2. The van der Waals surface area contributed by atoms with Gasteiger partial charge in [-0.1, -0.05) is 0 Å². The van der Waals surface area contributed by atoms with E-state index in [1.165, 1.54) is 0 Å². The summed E-state index contributed by atoms with van der Waals surface area (Å²) >= 11 is 1.08. The lowest BCUT2D eigenvalue weighted by molar-refractivity contribution is 0.0701. The minimum atomic E-state index is -1.01. The standard InChI is InChI=1S/C16H16N4O3S/c1-7-4-10-6-17-20-12(10)11(5-7)14(21)18-9(3)15-19-8(2)13(24-15)16(22)23/h4-6,9H,1-3H3,(H,17,20)(H,18,21)(H,22,23). The minimum absolute atomic E-state index is 0.192. The first-order chi connectivity index (χ1) is 11.4. The van der Waals surface area contributed by atoms with Crippen LogP contribution >= 0.6 is 11.3 Å². The molecule has 2 aromatic heterocycles. The Labute approximate surface area is 141 Å². The molecule has 0 saturated heterocycles. The number of amides is 1. The van der Waals surface area contributed by atoms with Crippen LogP contribution in [-0.4, -0.2) is 32.2 Å². The minimum Gasteiger partial charge on any atom is -0.477 e. The van der Waals surface area contributed by atoms with E-state index in [1.807, 2.05) is 13.0 Å². The number of H-pyrrole nitrogens is 1. The summed E-state index contributed by atoms with van der Waals surface area (Å²) in [4.78, 5) is 28.2. The monoisotopic (exact) mass is 344 g/mol. The number of carboxylic acid groups (broad SMARTS) is 1. The van der Waals surface area contributed by atoms with Crippen LogP contribution in [0.5, 0.6) is 0 Å². The Morgan fingerprint density at radius 3 is 2.75 bits per heavy atom. The first-order valence-corrected chi connectivity index (χ1v) is 8.13. The van der Waals surface area contributed by atoms with Crippen molar-refractivity contribution in [3.8, 4) is 0 Å². The maximum atomic E-state index is 12.6. The fourth-order valence-corrected chi connectivity index (χ4v) is 3.43. The third kappa shape index (κ3) is 2.88. The number of benzene rings is 1. The van der Waals surface area contributed by atoms with Crippen molar-refractivity contribution in [2.24, 2.45) is 0 Å². The van der Waals surface area contributed by atoms with Crippen molar-refractivity contribution in [3.63, 3.8) is 0 Å². The number of aromatic amines is 1. The van der Waals surface area contributed by atoms with Gasteiger partial charge in [-0.2, -0.15) is 5.10 Å². The van der Waals surface area contributed by atoms with E-state index in [1.54, 1.807) is 26.1 Å². The summed E-state index contributed by atoms with van der Waals surface area (Å²) in [7, 11) is 0. The Kier molecular flexibility index (Phi) is 4.06. The zero-order chi connectivity index (χ0) is 17.4. The molecule has 0 aliphatic heterocycles. The van der Waals surface area contributed by atoms with Crippen LogP contribution in [0, 0.1) is 13.8 Å². The number of hydrogen-bond donors (Lipinski definition) is 3. The number of rotatable bonds is 4. The zero-order valence-electron chi connectivity index (χ0n) is 13.4. The summed E-state index contributed by atoms with van der Waals surface area (Å²) < 4.78 is 0. The van der Waals surface area contributed by atoms with Gasteiger partial charge in [0.25, 0.3) is 5.91 Å². The number of thiazole rings is 1. The van der Waals surface area contributed by atoms with E-state index < -0.39 is 12.0 Å². The number of aromatic nitrogens is 3. The summed E-state index contributed by atoms with van der Waals surface area (Å²) in [6, 6.07) is 3.34. The Hall–Kier alpha value is -2.74. The zero-order valence-corrected chi connectivity index (χ0v) is 14.2. The summed E-state index contributed by atoms with van der Waals surface area (Å²) in [6.45, 7) is 5.34. The molecule has 0 aliphatic rings. The smallest absolute Gasteiger partial charge is 0.347 e. The number of aryl methyl sites for hydroxylation is 2. The molecule has 0 saturated carbocycles. The van der Waals surface area contributed by atoms with E-state index in [4.69, 9.17) is 5.11 Å². The summed E-state index contributed by atoms with van der Waals surface area (Å²) in [6.07, 6.45) is 1.67. The molecular formula is C16H16N4O3S. The number of aromatic carboxylic acids is 1. The molecular weight excluding hydrogens is 328 g/mol. The molecule has 2 heterocycles. The molecule has 1 amide bonds. The molecule has 3 N–H and O–H groups in total. The van der Waals surface area contributed by atoms with E-state index >= 15 is 0 Å². The Balaban J connectivity index is 1.87. The average molecular weight is 344 g/mol. The second kappa shape index (κ2) is 6.04. The van der Waals surface area contributed by atoms with Crippen molar-refractivity contribution in [2.45, 2.75) is 26.8 Å². The van der Waals surface area contributed by atoms with Crippen LogP contribution in [0.2, 0.25) is 0 Å². The van der Waals surface area contributed by atoms with Gasteiger partial charge in [0.2, 0.25) is 0 Å². The summed E-state index contributed by atoms with van der Waals surface area (Å²) in [5.41, 5.74) is 2.59. The van der Waals surface area contributed by atoms with E-state index in [9.17, 15) is 9.59 Å². The summed E-state index contributed by atoms with van der Waals surface area (Å²) in [5, 5.41) is 20.2. The Morgan fingerprint density at radius 1 is 1.33 bits per heavy atom. The molecule has 3 aromatic rings. The molecule has 3 rings (SSSR count). The average Bonchev–Trinajstić information content (AvgIpc) is 3.12. The highest BCUT2D eigenvalue weighted by Crippen LogP contribution is 2.25. The normalized spacial score (nSPS) is 12.3. The van der Waals surface area contributed by atoms with Gasteiger partial charge in [0.05, 0.1) is 29.0 Å². The van der Waals surface area contributed by atoms with Gasteiger partial charge >= 0.3 is 5.97 Å². The highest BCUT2D eigenvalue weighted by atomic mass is 32.1. The SMILES string of the molecule is Cc1cc(C(=O)NC(C)c2nc(C)c(C(=O)O)s2)c2[nH]ncc2c1. The van der Waals surface area contributed by atoms with Gasteiger partial charge < -0.3 is 10.4 Å². The fourth-order valence-electron chi connectivity index (χ4n) is 2.52. The van der Waals surface area contributed by atoms with Crippen molar-refractivity contribution >= 4 is 34.1 Å². The molecule has 0 spiro atoms. The van der Waals surface area contributed by atoms with Gasteiger partial charge in [-0.05, 0) is 38.5 Å². The molecule has 24 heavy (non-hydrogen) atoms. The van der Waals surface area contributed by atoms with Gasteiger partial charge in [-0.3, -0.25) is 9.89 Å². The molecule has 0 radical (unpaired) electrons. The van der Waals surface area contributed by atoms with Crippen LogP contribution in [0.4, 0.5) is 0 Å². The van der Waals surface area contributed by atoms with Crippen molar-refractivity contribution in [3.05, 3.63) is 45.0 Å². The lowest BCUT2D eigenvalue weighted by Gasteiger charge is -2.12. The van der Waals surface area contributed by atoms with Gasteiger partial charge in [0.15, 0.2) is 0 Å². The molecule has 1 aromatic carbocycles. The van der Waals surface area contributed by atoms with Gasteiger partial charge in [0.1, 0.15) is 9.88 Å². The van der Waals surface area contributed by atoms with E-state index in [-0.39, 0.29) is 10.8 Å². The van der Waals surface area contributed by atoms with Gasteiger partial charge in [-0.15, -0.1) is 11.3 Å². The van der Waals surface area contributed by atoms with Gasteiger partial charge in [0, 0.05) is 5.39 Å². The Bertz CT molecular complexity index is 944. The maximum Gasteiger partial charge on any atom is 0.347 e. The van der Waals surface area contributed by atoms with Crippen molar-refractivity contribution in [2.75, 3.05) is 0 Å². The lowest BCUT2D eigenvalue weighted by Crippen LogP contribution is -2.27. The number of fused-ring (bicyclic) bond motifs is 1. The third-order valence-corrected chi connectivity index (χ3v) is 4.99. The number of nitrogens with zero attached hydrogens (tertiary/aromatic N) is 2. The van der Waals surface area contributed by atoms with E-state index in [0.717, 1.165) is 22.3 Å². The highest BCUT2D eigenvalue weighted by Gasteiger charge is 2.21. The first kappa shape index (κ1) is 16.1. The van der Waals surface area contributed by atoms with Crippen molar-refractivity contribution < 1.29 is 14.7 Å². The number of carbonyl (C=O) groups is 2. The number of hydrogen-bond acceptors (Lipinski definition) is 5. The van der Waals surface area contributed by atoms with Crippen molar-refractivity contribution in [1.82, 2.24) is 20.5 Å². The van der Waals surface area contributed by atoms with E-state index in [2.05, 4.69) is 20.5 Å². The summed E-state index contributed by atoms with van der Waals surface area (Å²) in [5.74, 6) is -1.27. The van der Waals surface area contributed by atoms with Crippen LogP contribution in [0.1, 0.15) is 49.3 Å². The first-order valence-electron chi connectivity index (χ1n) is 7.32. The van der Waals surface area contributed by atoms with Gasteiger partial charge in [-0.25, -0.2) is 9.78 Å². The van der Waals surface area contributed by atoms with Crippen LogP contribution in [0.25, 0.3) is 10.9 Å². The fraction of sp³-hybridized carbons (Fsp3) is 0.250. The lowest BCUT2D eigenvalue weighted by atomic mass is 10.1. The molecule has 8 heteroatoms. The number of carboxylic acids is 1. The number of carbonyl (C=O) groups excluding carboxylic acids is 1.